The minimum Gasteiger partial charge on any atom is -0.440 e. The van der Waals surface area contributed by atoms with Gasteiger partial charge in [-0.25, -0.2) is 9.59 Å². The monoisotopic (exact) mass is 422 g/mol. The van der Waals surface area contributed by atoms with Crippen LogP contribution < -0.4 is 11.5 Å². The molecule has 0 amide bonds. The Bertz CT molecular complexity index is 483. The van der Waals surface area contributed by atoms with E-state index in [4.69, 9.17) is 20.9 Å². The molecule has 172 valence electrons. The van der Waals surface area contributed by atoms with Crippen LogP contribution in [0.4, 0.5) is 0 Å². The maximum Gasteiger partial charge on any atom is 0.332 e. The summed E-state index contributed by atoms with van der Waals surface area (Å²) < 4.78 is 9.97. The standard InChI is InChI=1S/C24H42N2O4/c1-3-5-7-9-11-13-15-17-21(25)29-23(27)19-20-24(28)30-22(26)18-16-14-12-10-8-6-4-2/h15-22H,3-14,25-26H2,1-2H3/b17-15?,18-16?,20-19+. The van der Waals surface area contributed by atoms with Crippen LogP contribution >= 0.6 is 0 Å². The van der Waals surface area contributed by atoms with Crippen molar-refractivity contribution in [3.8, 4) is 0 Å². The molecule has 0 aliphatic carbocycles. The van der Waals surface area contributed by atoms with Gasteiger partial charge in [0.15, 0.2) is 12.5 Å². The molecule has 0 saturated heterocycles. The number of carbonyl (C=O) groups is 2. The summed E-state index contributed by atoms with van der Waals surface area (Å²) in [6.07, 6.45) is 21.2. The first-order valence-electron chi connectivity index (χ1n) is 11.4. The van der Waals surface area contributed by atoms with Gasteiger partial charge in [0.05, 0.1) is 0 Å². The molecule has 6 nitrogen and oxygen atoms in total. The highest BCUT2D eigenvalue weighted by Crippen LogP contribution is 2.06. The van der Waals surface area contributed by atoms with Crippen molar-refractivity contribution in [3.63, 3.8) is 0 Å². The minimum atomic E-state index is -0.837. The number of hydrogen-bond donors (Lipinski definition) is 2. The fourth-order valence-electron chi connectivity index (χ4n) is 2.75. The van der Waals surface area contributed by atoms with Gasteiger partial charge >= 0.3 is 11.9 Å². The summed E-state index contributed by atoms with van der Waals surface area (Å²) in [5, 5.41) is 0. The summed E-state index contributed by atoms with van der Waals surface area (Å²) in [7, 11) is 0. The summed E-state index contributed by atoms with van der Waals surface area (Å²) in [5.74, 6) is -1.41. The molecule has 0 fully saturated rings. The van der Waals surface area contributed by atoms with Crippen LogP contribution in [0.3, 0.4) is 0 Å². The molecule has 0 saturated carbocycles. The van der Waals surface area contributed by atoms with Crippen LogP contribution in [0.25, 0.3) is 0 Å². The smallest absolute Gasteiger partial charge is 0.332 e. The Morgan fingerprint density at radius 1 is 0.667 bits per heavy atom. The van der Waals surface area contributed by atoms with E-state index in [0.717, 1.165) is 37.8 Å². The molecule has 0 bridgehead atoms. The molecule has 0 spiro atoms. The molecule has 6 heteroatoms. The largest absolute Gasteiger partial charge is 0.440 e. The Hall–Kier alpha value is -1.92. The van der Waals surface area contributed by atoms with Gasteiger partial charge in [0, 0.05) is 12.2 Å². The Balaban J connectivity index is 3.95. The van der Waals surface area contributed by atoms with E-state index in [9.17, 15) is 9.59 Å². The number of ether oxygens (including phenoxy) is 2. The summed E-state index contributed by atoms with van der Waals surface area (Å²) in [4.78, 5) is 23.4. The average Bonchev–Trinajstić information content (AvgIpc) is 2.71. The van der Waals surface area contributed by atoms with Crippen LogP contribution in [0.5, 0.6) is 0 Å². The topological polar surface area (TPSA) is 105 Å². The van der Waals surface area contributed by atoms with Crippen molar-refractivity contribution in [2.75, 3.05) is 0 Å². The predicted molar refractivity (Wildman–Crippen MR) is 122 cm³/mol. The summed E-state index contributed by atoms with van der Waals surface area (Å²) in [5.41, 5.74) is 11.4. The Kier molecular flexibility index (Phi) is 19.1. The second kappa shape index (κ2) is 20.4. The first-order valence-corrected chi connectivity index (χ1v) is 11.4. The molecule has 30 heavy (non-hydrogen) atoms. The SMILES string of the molecule is CCCCCCCC=CC(N)OC(=O)/C=C/C(=O)OC(N)C=CCCCCCCC. The third kappa shape index (κ3) is 19.4. The maximum atomic E-state index is 11.7. The van der Waals surface area contributed by atoms with Crippen LogP contribution in [0.2, 0.25) is 0 Å². The summed E-state index contributed by atoms with van der Waals surface area (Å²) >= 11 is 0. The molecule has 0 heterocycles. The lowest BCUT2D eigenvalue weighted by atomic mass is 10.1. The van der Waals surface area contributed by atoms with Gasteiger partial charge in [-0.1, -0.05) is 77.4 Å². The zero-order valence-corrected chi connectivity index (χ0v) is 18.9. The van der Waals surface area contributed by atoms with Crippen molar-refractivity contribution in [2.45, 2.75) is 103 Å². The Morgan fingerprint density at radius 3 is 1.40 bits per heavy atom. The average molecular weight is 423 g/mol. The highest BCUT2D eigenvalue weighted by atomic mass is 16.6. The lowest BCUT2D eigenvalue weighted by molar-refractivity contribution is -0.143. The molecule has 0 aliphatic heterocycles. The van der Waals surface area contributed by atoms with E-state index in [1.807, 2.05) is 12.2 Å². The van der Waals surface area contributed by atoms with E-state index < -0.39 is 24.4 Å². The van der Waals surface area contributed by atoms with E-state index in [1.165, 1.54) is 51.4 Å². The second-order valence-corrected chi connectivity index (χ2v) is 7.40. The number of unbranched alkanes of at least 4 members (excludes halogenated alkanes) is 10. The van der Waals surface area contributed by atoms with E-state index >= 15 is 0 Å². The molecule has 0 aliphatic rings. The third-order valence-electron chi connectivity index (χ3n) is 4.46. The van der Waals surface area contributed by atoms with Crippen molar-refractivity contribution < 1.29 is 19.1 Å². The maximum absolute atomic E-state index is 11.7. The predicted octanol–water partition coefficient (Wildman–Crippen LogP) is 5.03. The highest BCUT2D eigenvalue weighted by molar-refractivity contribution is 5.91. The lowest BCUT2D eigenvalue weighted by Crippen LogP contribution is -2.25. The van der Waals surface area contributed by atoms with Crippen LogP contribution in [0.15, 0.2) is 36.5 Å². The summed E-state index contributed by atoms with van der Waals surface area (Å²) in [6.45, 7) is 4.37. The van der Waals surface area contributed by atoms with E-state index in [0.29, 0.717) is 0 Å². The van der Waals surface area contributed by atoms with Gasteiger partial charge in [-0.15, -0.1) is 0 Å². The van der Waals surface area contributed by atoms with Crippen LogP contribution in [0, 0.1) is 0 Å². The summed E-state index contributed by atoms with van der Waals surface area (Å²) in [6, 6.07) is 0. The molecule has 4 N–H and O–H groups in total. The molecular weight excluding hydrogens is 380 g/mol. The first kappa shape index (κ1) is 28.1. The molecular formula is C24H42N2O4. The van der Waals surface area contributed by atoms with Gasteiger partial charge in [-0.3, -0.25) is 11.5 Å². The van der Waals surface area contributed by atoms with E-state index in [1.54, 1.807) is 12.2 Å². The van der Waals surface area contributed by atoms with Crippen molar-refractivity contribution in [1.29, 1.82) is 0 Å². The highest BCUT2D eigenvalue weighted by Gasteiger charge is 2.07. The van der Waals surface area contributed by atoms with Crippen molar-refractivity contribution in [3.05, 3.63) is 36.5 Å². The first-order chi connectivity index (χ1) is 14.5. The second-order valence-electron chi connectivity index (χ2n) is 7.40. The minimum absolute atomic E-state index is 0.705. The number of nitrogens with two attached hydrogens (primary N) is 2. The number of hydrogen-bond acceptors (Lipinski definition) is 6. The van der Waals surface area contributed by atoms with E-state index in [2.05, 4.69) is 13.8 Å². The fourth-order valence-corrected chi connectivity index (χ4v) is 2.75. The van der Waals surface area contributed by atoms with Gasteiger partial charge in [-0.05, 0) is 37.8 Å². The van der Waals surface area contributed by atoms with Gasteiger partial charge < -0.3 is 9.47 Å². The van der Waals surface area contributed by atoms with Gasteiger partial charge in [0.1, 0.15) is 0 Å². The molecule has 2 unspecified atom stereocenters. The van der Waals surface area contributed by atoms with Crippen LogP contribution in [-0.4, -0.2) is 24.4 Å². The molecule has 0 aromatic heterocycles. The Morgan fingerprint density at radius 2 is 1.03 bits per heavy atom. The van der Waals surface area contributed by atoms with Crippen LogP contribution in [0.1, 0.15) is 90.9 Å². The van der Waals surface area contributed by atoms with Crippen molar-refractivity contribution >= 4 is 11.9 Å². The fraction of sp³-hybridized carbons (Fsp3) is 0.667. The molecule has 0 aromatic rings. The Labute approximate surface area is 182 Å². The van der Waals surface area contributed by atoms with Crippen molar-refractivity contribution in [1.82, 2.24) is 0 Å². The van der Waals surface area contributed by atoms with Gasteiger partial charge in [0.25, 0.3) is 0 Å². The number of rotatable bonds is 18. The molecule has 2 atom stereocenters. The van der Waals surface area contributed by atoms with Crippen molar-refractivity contribution in [2.24, 2.45) is 11.5 Å². The zero-order chi connectivity index (χ0) is 22.5. The molecule has 0 radical (unpaired) electrons. The third-order valence-corrected chi connectivity index (χ3v) is 4.46. The van der Waals surface area contributed by atoms with E-state index in [-0.39, 0.29) is 0 Å². The van der Waals surface area contributed by atoms with Gasteiger partial charge in [-0.2, -0.15) is 0 Å². The number of carbonyl (C=O) groups excluding carboxylic acids is 2. The number of esters is 2. The normalized spacial score (nSPS) is 13.9. The number of allylic oxidation sites excluding steroid dienone is 2. The quantitative estimate of drug-likeness (QED) is 0.105. The lowest BCUT2D eigenvalue weighted by Gasteiger charge is -2.08. The van der Waals surface area contributed by atoms with Gasteiger partial charge in [0.2, 0.25) is 0 Å². The molecule has 0 rings (SSSR count). The zero-order valence-electron chi connectivity index (χ0n) is 18.9. The molecule has 0 aromatic carbocycles. The van der Waals surface area contributed by atoms with Crippen LogP contribution in [-0.2, 0) is 19.1 Å².